The van der Waals surface area contributed by atoms with Gasteiger partial charge in [-0.15, -0.1) is 6.58 Å². The Kier molecular flexibility index (Phi) is 31.2. The van der Waals surface area contributed by atoms with Gasteiger partial charge in [-0.1, -0.05) is 24.3 Å². The molecule has 0 radical (unpaired) electrons. The molecule has 0 amide bonds. The van der Waals surface area contributed by atoms with Gasteiger partial charge in [-0.3, -0.25) is 4.79 Å². The highest BCUT2D eigenvalue weighted by molar-refractivity contribution is 6.25. The van der Waals surface area contributed by atoms with E-state index in [4.69, 9.17) is 26.9 Å². The predicted octanol–water partition coefficient (Wildman–Crippen LogP) is 0.987. The Hall–Kier alpha value is -0.840. The highest BCUT2D eigenvalue weighted by atomic mass is 35.5. The number of hydrogen-bond acceptors (Lipinski definition) is 3. The number of aliphatic hydroxyl groups excluding tert-OH is 2. The molecule has 0 aliphatic heterocycles. The lowest BCUT2D eigenvalue weighted by Gasteiger charge is -1.75. The Labute approximate surface area is 82.8 Å². The highest BCUT2D eigenvalue weighted by Crippen LogP contribution is 1.74. The Bertz CT molecular complexity index is 123. The van der Waals surface area contributed by atoms with E-state index in [0.29, 0.717) is 0 Å². The third-order valence-electron chi connectivity index (χ3n) is 0.419. The Morgan fingerprint density at radius 3 is 1.62 bits per heavy atom. The molecule has 0 heterocycles. The zero-order valence-electron chi connectivity index (χ0n) is 7.32. The molecule has 0 aliphatic rings. The van der Waals surface area contributed by atoms with E-state index >= 15 is 0 Å². The Balaban J connectivity index is -0.000000125. The van der Waals surface area contributed by atoms with Crippen LogP contribution in [0.5, 0.6) is 0 Å². The van der Waals surface area contributed by atoms with Gasteiger partial charge < -0.3 is 15.3 Å². The van der Waals surface area contributed by atoms with E-state index in [0.717, 1.165) is 0 Å². The zero-order chi connectivity index (χ0) is 11.1. The first-order valence-electron chi connectivity index (χ1n) is 3.36. The smallest absolute Gasteiger partial charge is 0.307 e. The summed E-state index contributed by atoms with van der Waals surface area (Å²) >= 11 is 4.76. The second kappa shape index (κ2) is 22.5. The summed E-state index contributed by atoms with van der Waals surface area (Å²) in [5.41, 5.74) is 1.22. The number of carboxylic acids is 1. The van der Waals surface area contributed by atoms with Gasteiger partial charge in [0, 0.05) is 0 Å². The first kappa shape index (κ1) is 18.0. The summed E-state index contributed by atoms with van der Waals surface area (Å²) in [4.78, 5) is 9.53. The van der Waals surface area contributed by atoms with Crippen molar-refractivity contribution in [3.05, 3.63) is 24.8 Å². The fourth-order valence-corrected chi connectivity index (χ4v) is 0.123. The fourth-order valence-electron chi connectivity index (χ4n) is 0.123. The average Bonchev–Trinajstić information content (AvgIpc) is 2.06. The van der Waals surface area contributed by atoms with Crippen LogP contribution < -0.4 is 0 Å². The quantitative estimate of drug-likeness (QED) is 0.607. The van der Waals surface area contributed by atoms with Crippen molar-refractivity contribution in [2.75, 3.05) is 13.2 Å². The number of aliphatic carboxylic acids is 1. The van der Waals surface area contributed by atoms with Crippen molar-refractivity contribution in [1.29, 1.82) is 0 Å². The van der Waals surface area contributed by atoms with Gasteiger partial charge in [0.25, 0.3) is 0 Å². The lowest BCUT2D eigenvalue weighted by molar-refractivity contribution is -0.135. The van der Waals surface area contributed by atoms with Crippen LogP contribution in [0, 0.1) is 0 Å². The number of rotatable bonds is 3. The summed E-state index contributed by atoms with van der Waals surface area (Å²) in [6, 6.07) is 0. The number of hydrogen-bond donors (Lipinski definition) is 3. The van der Waals surface area contributed by atoms with Gasteiger partial charge in [0.15, 0.2) is 0 Å². The van der Waals surface area contributed by atoms with E-state index in [9.17, 15) is 4.79 Å². The molecule has 0 saturated carbocycles. The van der Waals surface area contributed by atoms with Crippen molar-refractivity contribution in [3.63, 3.8) is 0 Å². The molecule has 3 N–H and O–H groups in total. The van der Waals surface area contributed by atoms with Crippen LogP contribution >= 0.6 is 11.6 Å². The second-order valence-corrected chi connectivity index (χ2v) is 1.80. The standard InChI is InChI=1S/C4H6O2.C2H3Cl.C2H6O2/c1-2-3-4(5)6;1-2-3;3-1-2-4/h2H,1,3H2,(H,5,6);2H,1H2;3-4H,1-2H2. The van der Waals surface area contributed by atoms with Crippen LogP contribution in [0.4, 0.5) is 0 Å². The van der Waals surface area contributed by atoms with Crippen LogP contribution in [-0.2, 0) is 4.79 Å². The van der Waals surface area contributed by atoms with Crippen molar-refractivity contribution in [3.8, 4) is 0 Å². The van der Waals surface area contributed by atoms with Crippen molar-refractivity contribution < 1.29 is 20.1 Å². The number of aliphatic hydroxyl groups is 2. The SMILES string of the molecule is C=CCC(=O)O.C=CCl.OCCO. The maximum Gasteiger partial charge on any atom is 0.307 e. The lowest BCUT2D eigenvalue weighted by atomic mass is 10.4. The second-order valence-electron chi connectivity index (χ2n) is 1.49. The molecule has 5 heteroatoms. The van der Waals surface area contributed by atoms with Gasteiger partial charge in [0.1, 0.15) is 0 Å². The van der Waals surface area contributed by atoms with Crippen molar-refractivity contribution in [2.24, 2.45) is 0 Å². The average molecular weight is 211 g/mol. The van der Waals surface area contributed by atoms with Gasteiger partial charge in [0.2, 0.25) is 0 Å². The molecular formula is C8H15ClO4. The van der Waals surface area contributed by atoms with E-state index in [1.165, 1.54) is 11.6 Å². The summed E-state index contributed by atoms with van der Waals surface area (Å²) < 4.78 is 0. The van der Waals surface area contributed by atoms with Crippen molar-refractivity contribution in [2.45, 2.75) is 6.42 Å². The van der Waals surface area contributed by atoms with Gasteiger partial charge in [-0.2, -0.15) is 0 Å². The van der Waals surface area contributed by atoms with Gasteiger partial charge in [-0.25, -0.2) is 0 Å². The molecule has 4 nitrogen and oxygen atoms in total. The van der Waals surface area contributed by atoms with Crippen molar-refractivity contribution in [1.82, 2.24) is 0 Å². The first-order chi connectivity index (χ1) is 6.10. The number of carbonyl (C=O) groups is 1. The molecule has 0 aliphatic carbocycles. The van der Waals surface area contributed by atoms with Gasteiger partial charge >= 0.3 is 5.97 Å². The molecule has 78 valence electrons. The molecule has 0 aromatic rings. The molecule has 0 saturated heterocycles. The molecule has 0 rings (SSSR count). The molecule has 0 spiro atoms. The molecule has 0 atom stereocenters. The first-order valence-corrected chi connectivity index (χ1v) is 3.79. The van der Waals surface area contributed by atoms with Crippen LogP contribution in [0.3, 0.4) is 0 Å². The van der Waals surface area contributed by atoms with Crippen LogP contribution in [0.25, 0.3) is 0 Å². The van der Waals surface area contributed by atoms with E-state index in [2.05, 4.69) is 13.2 Å². The van der Waals surface area contributed by atoms with Gasteiger partial charge in [-0.05, 0) is 5.54 Å². The predicted molar refractivity (Wildman–Crippen MR) is 52.7 cm³/mol. The highest BCUT2D eigenvalue weighted by Gasteiger charge is 1.84. The lowest BCUT2D eigenvalue weighted by Crippen LogP contribution is -1.88. The fraction of sp³-hybridized carbons (Fsp3) is 0.375. The molecule has 0 aromatic heterocycles. The minimum Gasteiger partial charge on any atom is -0.481 e. The number of halogens is 1. The maximum absolute atomic E-state index is 9.53. The molecule has 13 heavy (non-hydrogen) atoms. The van der Waals surface area contributed by atoms with Crippen LogP contribution in [0.15, 0.2) is 24.8 Å². The zero-order valence-corrected chi connectivity index (χ0v) is 8.07. The van der Waals surface area contributed by atoms with E-state index in [1.54, 1.807) is 0 Å². The van der Waals surface area contributed by atoms with Crippen LogP contribution in [-0.4, -0.2) is 34.5 Å². The largest absolute Gasteiger partial charge is 0.481 e. The molecule has 0 fully saturated rings. The summed E-state index contributed by atoms with van der Waals surface area (Å²) in [6.45, 7) is 6.10. The molecule has 0 aromatic carbocycles. The monoisotopic (exact) mass is 210 g/mol. The van der Waals surface area contributed by atoms with Crippen molar-refractivity contribution >= 4 is 17.6 Å². The van der Waals surface area contributed by atoms with Gasteiger partial charge in [0.05, 0.1) is 19.6 Å². The normalized spacial score (nSPS) is 6.69. The molecule has 0 unspecified atom stereocenters. The summed E-state index contributed by atoms with van der Waals surface area (Å²) in [7, 11) is 0. The summed E-state index contributed by atoms with van der Waals surface area (Å²) in [6.07, 6.45) is 1.41. The summed E-state index contributed by atoms with van der Waals surface area (Å²) in [5, 5.41) is 23.1. The summed E-state index contributed by atoms with van der Waals surface area (Å²) in [5.74, 6) is -0.829. The minimum absolute atomic E-state index is 0.0556. The third-order valence-corrected chi connectivity index (χ3v) is 0.419. The van der Waals surface area contributed by atoms with E-state index < -0.39 is 5.97 Å². The number of carboxylic acid groups (broad SMARTS) is 1. The minimum atomic E-state index is -0.829. The maximum atomic E-state index is 9.53. The van der Waals surface area contributed by atoms with Crippen LogP contribution in [0.2, 0.25) is 0 Å². The van der Waals surface area contributed by atoms with E-state index in [-0.39, 0.29) is 19.6 Å². The van der Waals surface area contributed by atoms with Crippen LogP contribution in [0.1, 0.15) is 6.42 Å². The molecule has 0 bridgehead atoms. The molecular weight excluding hydrogens is 196 g/mol. The van der Waals surface area contributed by atoms with E-state index in [1.807, 2.05) is 0 Å². The topological polar surface area (TPSA) is 77.8 Å². The Morgan fingerprint density at radius 2 is 1.62 bits per heavy atom. The Morgan fingerprint density at radius 1 is 1.31 bits per heavy atom. The third kappa shape index (κ3) is 93.8.